The summed E-state index contributed by atoms with van der Waals surface area (Å²) in [6, 6.07) is 22.9. The van der Waals surface area contributed by atoms with Gasteiger partial charge in [-0.1, -0.05) is 18.2 Å². The van der Waals surface area contributed by atoms with Gasteiger partial charge in [-0.3, -0.25) is 19.9 Å². The lowest BCUT2D eigenvalue weighted by molar-refractivity contribution is 0.667. The third-order valence-electron chi connectivity index (χ3n) is 7.36. The number of nitrogens with zero attached hydrogens (tertiary/aromatic N) is 4. The number of fused-ring (bicyclic) bond motifs is 9. The third kappa shape index (κ3) is 2.90. The quantitative estimate of drug-likeness (QED) is 0.227. The van der Waals surface area contributed by atoms with Crippen LogP contribution in [-0.2, 0) is 0 Å². The molecular formula is C32H16N4O2S. The van der Waals surface area contributed by atoms with E-state index < -0.39 is 0 Å². The van der Waals surface area contributed by atoms with E-state index in [1.165, 1.54) is 20.2 Å². The highest BCUT2D eigenvalue weighted by Crippen LogP contribution is 2.44. The molecule has 0 aliphatic heterocycles. The number of furan rings is 2. The molecule has 182 valence electrons. The predicted octanol–water partition coefficient (Wildman–Crippen LogP) is 8.77. The van der Waals surface area contributed by atoms with E-state index in [4.69, 9.17) is 8.83 Å². The number of hydrogen-bond donors (Lipinski definition) is 0. The Morgan fingerprint density at radius 2 is 1.41 bits per heavy atom. The molecule has 0 fully saturated rings. The monoisotopic (exact) mass is 520 g/mol. The first-order valence-corrected chi connectivity index (χ1v) is 13.3. The highest BCUT2D eigenvalue weighted by Gasteiger charge is 2.19. The van der Waals surface area contributed by atoms with Gasteiger partial charge in [-0.2, -0.15) is 0 Å². The minimum absolute atomic E-state index is 0.735. The van der Waals surface area contributed by atoms with Gasteiger partial charge in [-0.15, -0.1) is 11.3 Å². The van der Waals surface area contributed by atoms with Crippen molar-refractivity contribution in [3.63, 3.8) is 0 Å². The molecule has 0 spiro atoms. The second-order valence-corrected chi connectivity index (χ2v) is 10.6. The van der Waals surface area contributed by atoms with Gasteiger partial charge >= 0.3 is 0 Å². The molecule has 0 aliphatic rings. The number of thiophene rings is 1. The molecule has 0 atom stereocenters. The average molecular weight is 521 g/mol. The average Bonchev–Trinajstić information content (AvgIpc) is 3.67. The van der Waals surface area contributed by atoms with Crippen molar-refractivity contribution in [3.05, 3.63) is 97.7 Å². The Morgan fingerprint density at radius 1 is 0.564 bits per heavy atom. The molecule has 6 nitrogen and oxygen atoms in total. The van der Waals surface area contributed by atoms with Crippen molar-refractivity contribution in [1.82, 2.24) is 19.9 Å². The Morgan fingerprint density at radius 3 is 2.38 bits per heavy atom. The molecule has 7 aromatic heterocycles. The fourth-order valence-electron chi connectivity index (χ4n) is 5.65. The van der Waals surface area contributed by atoms with E-state index in [9.17, 15) is 0 Å². The minimum atomic E-state index is 0.735. The molecule has 7 heterocycles. The molecular weight excluding hydrogens is 504 g/mol. The summed E-state index contributed by atoms with van der Waals surface area (Å²) in [4.78, 5) is 18.0. The summed E-state index contributed by atoms with van der Waals surface area (Å²) in [5.41, 5.74) is 9.58. The van der Waals surface area contributed by atoms with Crippen molar-refractivity contribution in [1.29, 1.82) is 0 Å². The van der Waals surface area contributed by atoms with Gasteiger partial charge in [0, 0.05) is 61.5 Å². The van der Waals surface area contributed by atoms with Crippen LogP contribution in [0.4, 0.5) is 0 Å². The highest BCUT2D eigenvalue weighted by molar-refractivity contribution is 7.26. The summed E-state index contributed by atoms with van der Waals surface area (Å²) < 4.78 is 15.0. The van der Waals surface area contributed by atoms with Crippen LogP contribution in [-0.4, -0.2) is 19.9 Å². The predicted molar refractivity (Wildman–Crippen MR) is 156 cm³/mol. The number of rotatable bonds is 2. The number of aromatic nitrogens is 4. The van der Waals surface area contributed by atoms with Crippen LogP contribution >= 0.6 is 11.3 Å². The fraction of sp³-hybridized carbons (Fsp3) is 0. The lowest BCUT2D eigenvalue weighted by Gasteiger charge is -2.07. The van der Waals surface area contributed by atoms with Gasteiger partial charge in [0.2, 0.25) is 0 Å². The molecule has 9 aromatic rings. The molecule has 0 unspecified atom stereocenters. The molecule has 9 rings (SSSR count). The molecule has 0 saturated heterocycles. The first-order chi connectivity index (χ1) is 19.3. The Hall–Kier alpha value is -5.14. The van der Waals surface area contributed by atoms with Gasteiger partial charge in [-0.05, 0) is 59.7 Å². The van der Waals surface area contributed by atoms with Crippen LogP contribution in [0.5, 0.6) is 0 Å². The largest absolute Gasteiger partial charge is 0.452 e. The number of pyridine rings is 4. The van der Waals surface area contributed by atoms with Crippen molar-refractivity contribution >= 4 is 75.8 Å². The first kappa shape index (κ1) is 20.9. The Bertz CT molecular complexity index is 2420. The molecule has 2 aromatic carbocycles. The molecule has 7 heteroatoms. The SMILES string of the molecule is c1cnc2c(c1)oc1c(-c3cccc4sc5ccc(-c6ccnc7c6oc6cnccc67)cc5c34)ccnc12. The second-order valence-electron chi connectivity index (χ2n) is 9.49. The summed E-state index contributed by atoms with van der Waals surface area (Å²) in [5.74, 6) is 0. The van der Waals surface area contributed by atoms with Crippen molar-refractivity contribution in [3.8, 4) is 22.3 Å². The molecule has 0 saturated carbocycles. The van der Waals surface area contributed by atoms with E-state index in [-0.39, 0.29) is 0 Å². The fourth-order valence-corrected chi connectivity index (χ4v) is 6.76. The van der Waals surface area contributed by atoms with Gasteiger partial charge < -0.3 is 8.83 Å². The zero-order valence-corrected chi connectivity index (χ0v) is 21.1. The summed E-state index contributed by atoms with van der Waals surface area (Å²) in [6.07, 6.45) is 8.97. The van der Waals surface area contributed by atoms with Gasteiger partial charge in [0.25, 0.3) is 0 Å². The Labute approximate surface area is 224 Å². The molecule has 0 amide bonds. The van der Waals surface area contributed by atoms with Crippen molar-refractivity contribution < 1.29 is 8.83 Å². The van der Waals surface area contributed by atoms with Crippen LogP contribution in [0.1, 0.15) is 0 Å². The zero-order valence-electron chi connectivity index (χ0n) is 20.3. The maximum Gasteiger partial charge on any atom is 0.163 e. The van der Waals surface area contributed by atoms with E-state index in [2.05, 4.69) is 56.3 Å². The van der Waals surface area contributed by atoms with Crippen molar-refractivity contribution in [2.24, 2.45) is 0 Å². The van der Waals surface area contributed by atoms with Crippen molar-refractivity contribution in [2.75, 3.05) is 0 Å². The van der Waals surface area contributed by atoms with Crippen LogP contribution in [0, 0.1) is 0 Å². The standard InChI is InChI=1S/C32H16N4O2S/c1-3-19(20-10-14-36-30-29-23(37-32(20)30)4-2-11-34-29)27-22-15-17(6-7-25(22)39-26(27)5-1)18-9-13-35-28-21-8-12-33-16-24(21)38-31(18)28/h1-16H. The molecule has 0 N–H and O–H groups in total. The Kier molecular flexibility index (Phi) is 4.11. The normalized spacial score (nSPS) is 12.1. The summed E-state index contributed by atoms with van der Waals surface area (Å²) in [6.45, 7) is 0. The van der Waals surface area contributed by atoms with Crippen LogP contribution in [0.2, 0.25) is 0 Å². The van der Waals surface area contributed by atoms with E-state index in [1.807, 2.05) is 42.7 Å². The topological polar surface area (TPSA) is 77.8 Å². The van der Waals surface area contributed by atoms with E-state index in [0.717, 1.165) is 66.5 Å². The molecule has 39 heavy (non-hydrogen) atoms. The highest BCUT2D eigenvalue weighted by atomic mass is 32.1. The lowest BCUT2D eigenvalue weighted by Crippen LogP contribution is -1.84. The smallest absolute Gasteiger partial charge is 0.163 e. The van der Waals surface area contributed by atoms with E-state index >= 15 is 0 Å². The number of hydrogen-bond acceptors (Lipinski definition) is 7. The molecule has 0 bridgehead atoms. The van der Waals surface area contributed by atoms with Crippen LogP contribution in [0.3, 0.4) is 0 Å². The maximum absolute atomic E-state index is 6.30. The Balaban J connectivity index is 1.33. The van der Waals surface area contributed by atoms with Crippen molar-refractivity contribution in [2.45, 2.75) is 0 Å². The zero-order chi connectivity index (χ0) is 25.5. The second kappa shape index (κ2) is 7.69. The first-order valence-electron chi connectivity index (χ1n) is 12.5. The summed E-state index contributed by atoms with van der Waals surface area (Å²) in [7, 11) is 0. The molecule has 0 radical (unpaired) electrons. The van der Waals surface area contributed by atoms with Crippen LogP contribution in [0.15, 0.2) is 107 Å². The summed E-state index contributed by atoms with van der Waals surface area (Å²) >= 11 is 1.79. The van der Waals surface area contributed by atoms with Gasteiger partial charge in [0.1, 0.15) is 16.6 Å². The molecule has 0 aliphatic carbocycles. The lowest BCUT2D eigenvalue weighted by atomic mass is 9.97. The van der Waals surface area contributed by atoms with Crippen LogP contribution < -0.4 is 0 Å². The van der Waals surface area contributed by atoms with Gasteiger partial charge in [0.15, 0.2) is 22.3 Å². The summed E-state index contributed by atoms with van der Waals surface area (Å²) in [5, 5.41) is 3.35. The maximum atomic E-state index is 6.30. The number of benzene rings is 2. The van der Waals surface area contributed by atoms with Crippen LogP contribution in [0.25, 0.3) is 86.7 Å². The third-order valence-corrected chi connectivity index (χ3v) is 8.50. The minimum Gasteiger partial charge on any atom is -0.452 e. The van der Waals surface area contributed by atoms with Gasteiger partial charge in [0.05, 0.1) is 6.20 Å². The van der Waals surface area contributed by atoms with Gasteiger partial charge in [-0.25, -0.2) is 0 Å². The van der Waals surface area contributed by atoms with E-state index in [0.29, 0.717) is 0 Å². The van der Waals surface area contributed by atoms with E-state index in [1.54, 1.807) is 29.9 Å².